The van der Waals surface area contributed by atoms with E-state index >= 15 is 0 Å². The van der Waals surface area contributed by atoms with Crippen molar-refractivity contribution in [3.05, 3.63) is 70.8 Å². The van der Waals surface area contributed by atoms with Crippen LogP contribution in [0, 0.1) is 18.3 Å². The van der Waals surface area contributed by atoms with Crippen LogP contribution in [0.4, 0.5) is 5.82 Å². The first-order valence-electron chi connectivity index (χ1n) is 12.1. The number of ether oxygens (including phenoxy) is 2. The highest BCUT2D eigenvalue weighted by Gasteiger charge is 2.25. The lowest BCUT2D eigenvalue weighted by molar-refractivity contribution is -0.137. The number of fused-ring (bicyclic) bond motifs is 1. The molecule has 7 nitrogen and oxygen atoms in total. The number of carbonyl (C=O) groups is 1. The summed E-state index contributed by atoms with van der Waals surface area (Å²) in [6.45, 7) is 3.23. The molecule has 0 unspecified atom stereocenters. The minimum Gasteiger partial charge on any atom is -0.497 e. The van der Waals surface area contributed by atoms with Gasteiger partial charge in [-0.25, -0.2) is 4.98 Å². The number of hydrogen-bond donors (Lipinski definition) is 1. The van der Waals surface area contributed by atoms with E-state index < -0.39 is 5.97 Å². The summed E-state index contributed by atoms with van der Waals surface area (Å²) in [6.07, 6.45) is 2.76. The molecule has 0 saturated carbocycles. The summed E-state index contributed by atoms with van der Waals surface area (Å²) in [5, 5.41) is 18.8. The van der Waals surface area contributed by atoms with Crippen molar-refractivity contribution in [1.29, 1.82) is 5.26 Å². The van der Waals surface area contributed by atoms with Gasteiger partial charge in [-0.05, 0) is 91.3 Å². The van der Waals surface area contributed by atoms with Gasteiger partial charge in [-0.15, -0.1) is 0 Å². The Morgan fingerprint density at radius 1 is 1.19 bits per heavy atom. The first-order chi connectivity index (χ1) is 17.4. The standard InChI is InChI=1S/C29H31N3O4/c1-19-15-27(31-29(26(19)18-30)20-7-9-23(35-3)10-8-20)32(2)13-4-14-36-24-11-12-25-21(16-24)5-6-22(25)17-28(33)34/h7-12,15-16,22H,4-6,13-14,17H2,1-3H3,(H,33,34)/t22-/m0/s1. The largest absolute Gasteiger partial charge is 0.497 e. The van der Waals surface area contributed by atoms with E-state index in [0.29, 0.717) is 17.9 Å². The van der Waals surface area contributed by atoms with Crippen molar-refractivity contribution in [1.82, 2.24) is 4.98 Å². The van der Waals surface area contributed by atoms with Crippen LogP contribution in [0.15, 0.2) is 48.5 Å². The van der Waals surface area contributed by atoms with Gasteiger partial charge in [0.15, 0.2) is 0 Å². The predicted molar refractivity (Wildman–Crippen MR) is 139 cm³/mol. The first kappa shape index (κ1) is 25.1. The van der Waals surface area contributed by atoms with Gasteiger partial charge in [0.2, 0.25) is 0 Å². The Balaban J connectivity index is 1.37. The monoisotopic (exact) mass is 485 g/mol. The van der Waals surface area contributed by atoms with Crippen LogP contribution in [-0.2, 0) is 11.2 Å². The number of carboxylic acids is 1. The van der Waals surface area contributed by atoms with Gasteiger partial charge >= 0.3 is 5.97 Å². The van der Waals surface area contributed by atoms with Gasteiger partial charge in [-0.2, -0.15) is 5.26 Å². The van der Waals surface area contributed by atoms with Crippen molar-refractivity contribution in [3.63, 3.8) is 0 Å². The lowest BCUT2D eigenvalue weighted by atomic mass is 9.98. The second-order valence-electron chi connectivity index (χ2n) is 9.18. The lowest BCUT2D eigenvalue weighted by Crippen LogP contribution is -2.22. The Bertz CT molecular complexity index is 1280. The average Bonchev–Trinajstić information content (AvgIpc) is 3.27. The van der Waals surface area contributed by atoms with Gasteiger partial charge in [0, 0.05) is 19.2 Å². The summed E-state index contributed by atoms with van der Waals surface area (Å²) >= 11 is 0. The maximum absolute atomic E-state index is 11.1. The Labute approximate surface area is 211 Å². The molecular formula is C29H31N3O4. The predicted octanol–water partition coefficient (Wildman–Crippen LogP) is 5.35. The first-order valence-corrected chi connectivity index (χ1v) is 12.1. The van der Waals surface area contributed by atoms with Crippen LogP contribution < -0.4 is 14.4 Å². The zero-order chi connectivity index (χ0) is 25.7. The molecule has 0 amide bonds. The summed E-state index contributed by atoms with van der Waals surface area (Å²) in [5.74, 6) is 1.73. The SMILES string of the molecule is COc1ccc(-c2nc(N(C)CCCOc3ccc4c(c3)CC[C@H]4CC(=O)O)cc(C)c2C#N)cc1. The number of nitriles is 1. The van der Waals surface area contributed by atoms with Gasteiger partial charge < -0.3 is 19.5 Å². The number of anilines is 1. The third kappa shape index (κ3) is 5.60. The fourth-order valence-electron chi connectivity index (χ4n) is 4.75. The lowest BCUT2D eigenvalue weighted by Gasteiger charge is -2.20. The third-order valence-electron chi connectivity index (χ3n) is 6.71. The van der Waals surface area contributed by atoms with E-state index in [4.69, 9.17) is 19.6 Å². The van der Waals surface area contributed by atoms with Gasteiger partial charge in [-0.3, -0.25) is 4.79 Å². The number of aromatic nitrogens is 1. The van der Waals surface area contributed by atoms with E-state index in [1.54, 1.807) is 7.11 Å². The van der Waals surface area contributed by atoms with E-state index in [0.717, 1.165) is 59.8 Å². The van der Waals surface area contributed by atoms with Crippen LogP contribution >= 0.6 is 0 Å². The van der Waals surface area contributed by atoms with E-state index in [9.17, 15) is 10.1 Å². The number of nitrogens with zero attached hydrogens (tertiary/aromatic N) is 3. The smallest absolute Gasteiger partial charge is 0.303 e. The Morgan fingerprint density at radius 3 is 2.64 bits per heavy atom. The van der Waals surface area contributed by atoms with Crippen LogP contribution in [0.2, 0.25) is 0 Å². The Morgan fingerprint density at radius 2 is 1.94 bits per heavy atom. The van der Waals surface area contributed by atoms with Crippen LogP contribution in [0.3, 0.4) is 0 Å². The number of carboxylic acid groups (broad SMARTS) is 1. The number of benzene rings is 2. The van der Waals surface area contributed by atoms with Crippen molar-refractivity contribution >= 4 is 11.8 Å². The normalized spacial score (nSPS) is 14.1. The fourth-order valence-corrected chi connectivity index (χ4v) is 4.75. The molecule has 1 aliphatic rings. The molecule has 0 aliphatic heterocycles. The topological polar surface area (TPSA) is 95.7 Å². The molecule has 0 saturated heterocycles. The van der Waals surface area contributed by atoms with Crippen molar-refractivity contribution in [2.45, 2.75) is 38.5 Å². The van der Waals surface area contributed by atoms with Gasteiger partial charge in [0.1, 0.15) is 23.4 Å². The van der Waals surface area contributed by atoms with Crippen molar-refractivity contribution in [2.75, 3.05) is 32.2 Å². The Kier molecular flexibility index (Phi) is 7.74. The number of hydrogen-bond acceptors (Lipinski definition) is 6. The van der Waals surface area contributed by atoms with Crippen LogP contribution in [-0.4, -0.2) is 43.4 Å². The summed E-state index contributed by atoms with van der Waals surface area (Å²) < 4.78 is 11.2. The minimum absolute atomic E-state index is 0.103. The minimum atomic E-state index is -0.750. The van der Waals surface area contributed by atoms with Crippen molar-refractivity contribution in [2.24, 2.45) is 0 Å². The number of aliphatic carboxylic acids is 1. The summed E-state index contributed by atoms with van der Waals surface area (Å²) in [5.41, 5.74) is 5.33. The maximum Gasteiger partial charge on any atom is 0.303 e. The zero-order valence-electron chi connectivity index (χ0n) is 21.0. The molecule has 3 aromatic rings. The highest BCUT2D eigenvalue weighted by molar-refractivity contribution is 5.71. The number of pyridine rings is 1. The van der Waals surface area contributed by atoms with Crippen molar-refractivity contribution in [3.8, 4) is 28.8 Å². The molecule has 1 aliphatic carbocycles. The third-order valence-corrected chi connectivity index (χ3v) is 6.71. The average molecular weight is 486 g/mol. The molecule has 0 radical (unpaired) electrons. The van der Waals surface area contributed by atoms with Crippen LogP contribution in [0.25, 0.3) is 11.3 Å². The van der Waals surface area contributed by atoms with Crippen LogP contribution in [0.5, 0.6) is 11.5 Å². The molecule has 1 heterocycles. The molecule has 0 spiro atoms. The molecule has 36 heavy (non-hydrogen) atoms. The molecule has 1 atom stereocenters. The summed E-state index contributed by atoms with van der Waals surface area (Å²) in [7, 11) is 3.61. The molecular weight excluding hydrogens is 454 g/mol. The summed E-state index contributed by atoms with van der Waals surface area (Å²) in [4.78, 5) is 18.0. The van der Waals surface area contributed by atoms with E-state index in [2.05, 4.69) is 11.0 Å². The molecule has 7 heteroatoms. The quantitative estimate of drug-likeness (QED) is 0.387. The van der Waals surface area contributed by atoms with Gasteiger partial charge in [-0.1, -0.05) is 6.07 Å². The van der Waals surface area contributed by atoms with Gasteiger partial charge in [0.25, 0.3) is 0 Å². The molecule has 0 fully saturated rings. The molecule has 1 aromatic heterocycles. The van der Waals surface area contributed by atoms with Crippen molar-refractivity contribution < 1.29 is 19.4 Å². The zero-order valence-corrected chi connectivity index (χ0v) is 21.0. The molecule has 1 N–H and O–H groups in total. The highest BCUT2D eigenvalue weighted by Crippen LogP contribution is 2.37. The molecule has 2 aromatic carbocycles. The number of methoxy groups -OCH3 is 1. The van der Waals surface area contributed by atoms with E-state index in [1.807, 2.05) is 62.5 Å². The molecule has 0 bridgehead atoms. The second kappa shape index (κ2) is 11.1. The second-order valence-corrected chi connectivity index (χ2v) is 9.18. The van der Waals surface area contributed by atoms with E-state index in [1.165, 1.54) is 5.56 Å². The van der Waals surface area contributed by atoms with Gasteiger partial charge in [0.05, 0.1) is 31.4 Å². The number of aryl methyl sites for hydroxylation is 2. The highest BCUT2D eigenvalue weighted by atomic mass is 16.5. The van der Waals surface area contributed by atoms with Crippen LogP contribution in [0.1, 0.15) is 47.4 Å². The maximum atomic E-state index is 11.1. The van der Waals surface area contributed by atoms with E-state index in [-0.39, 0.29) is 12.3 Å². The number of rotatable bonds is 10. The summed E-state index contributed by atoms with van der Waals surface area (Å²) in [6, 6.07) is 17.8. The fraction of sp³-hybridized carbons (Fsp3) is 0.345. The molecule has 4 rings (SSSR count). The Hall–Kier alpha value is -4.05. The molecule has 186 valence electrons.